The Balaban J connectivity index is 1.06. The third-order valence-corrected chi connectivity index (χ3v) is 13.7. The van der Waals surface area contributed by atoms with Crippen molar-refractivity contribution < 1.29 is 0 Å². The summed E-state index contributed by atoms with van der Waals surface area (Å²) in [5.41, 5.74) is 15.2. The van der Waals surface area contributed by atoms with Gasteiger partial charge in [0.15, 0.2) is 11.6 Å². The molecule has 0 bridgehead atoms. The molecule has 0 aliphatic carbocycles. The summed E-state index contributed by atoms with van der Waals surface area (Å²) in [5, 5.41) is 6.94. The summed E-state index contributed by atoms with van der Waals surface area (Å²) in [4.78, 5) is 16.1. The third-order valence-electron chi connectivity index (χ3n) is 13.7. The second kappa shape index (κ2) is 15.6. The van der Waals surface area contributed by atoms with Gasteiger partial charge in [-0.05, 0) is 64.7 Å². The van der Waals surface area contributed by atoms with Gasteiger partial charge in [-0.15, -0.1) is 0 Å². The molecule has 0 fully saturated rings. The monoisotopic (exact) mass is 880 g/mol. The first-order valence-electron chi connectivity index (χ1n) is 23.4. The van der Waals surface area contributed by atoms with Crippen LogP contribution >= 0.6 is 0 Å². The van der Waals surface area contributed by atoms with E-state index in [2.05, 4.69) is 238 Å². The van der Waals surface area contributed by atoms with Crippen molar-refractivity contribution >= 4 is 65.4 Å². The maximum Gasteiger partial charge on any atom is 0.238 e. The molecular weight excluding hydrogens is 841 g/mol. The first-order valence-corrected chi connectivity index (χ1v) is 23.4. The SMILES string of the molecule is c1ccc(-c2ccc(-c3ccc(-c4nc(-c5ccccc5)nc(-n5c6ccccc6c6cc(-n7c8ccccc8c8ccccc87)c7c8ccccc8n(-c8ccccc8)c7c65)n4)cc3)cc2)cc1. The minimum atomic E-state index is 0.543. The number of hydrogen-bond acceptors (Lipinski definition) is 3. The molecule has 0 amide bonds. The standard InChI is InChI=1S/C63H40N6/c1-4-18-41(19-5-1)42-32-34-43(35-33-42)44-36-38-46(39-37-44)62-64-61(45-20-6-2-7-21-45)65-63(66-62)69-55-30-16-12-26-50(55)52-40-57(68-53-28-14-10-24-48(53)49-25-11-15-29-54(49)68)58-51-27-13-17-31-56(51)67(60(58)59(52)69)47-22-8-3-9-23-47/h1-40H. The number of nitrogens with zero attached hydrogens (tertiary/aromatic N) is 6. The maximum atomic E-state index is 5.46. The van der Waals surface area contributed by atoms with Gasteiger partial charge in [0.05, 0.1) is 38.8 Å². The van der Waals surface area contributed by atoms with Crippen LogP contribution in [0.4, 0.5) is 0 Å². The average molecular weight is 881 g/mol. The summed E-state index contributed by atoms with van der Waals surface area (Å²) in [5.74, 6) is 1.74. The maximum absolute atomic E-state index is 5.46. The smallest absolute Gasteiger partial charge is 0.238 e. The molecule has 0 aliphatic heterocycles. The van der Waals surface area contributed by atoms with Gasteiger partial charge in [0.25, 0.3) is 0 Å². The molecule has 6 heteroatoms. The molecule has 10 aromatic carbocycles. The van der Waals surface area contributed by atoms with Crippen LogP contribution in [0.2, 0.25) is 0 Å². The second-order valence-electron chi connectivity index (χ2n) is 17.6. The zero-order valence-electron chi connectivity index (χ0n) is 37.3. The molecule has 322 valence electrons. The highest BCUT2D eigenvalue weighted by Gasteiger charge is 2.27. The van der Waals surface area contributed by atoms with Gasteiger partial charge in [0.1, 0.15) is 0 Å². The van der Waals surface area contributed by atoms with Gasteiger partial charge in [0, 0.05) is 49.1 Å². The van der Waals surface area contributed by atoms with Crippen LogP contribution in [0.15, 0.2) is 243 Å². The van der Waals surface area contributed by atoms with Gasteiger partial charge < -0.3 is 9.13 Å². The lowest BCUT2D eigenvalue weighted by molar-refractivity contribution is 0.953. The molecular formula is C63H40N6. The summed E-state index contributed by atoms with van der Waals surface area (Å²) in [7, 11) is 0. The van der Waals surface area contributed by atoms with E-state index in [0.29, 0.717) is 17.6 Å². The van der Waals surface area contributed by atoms with E-state index in [1.165, 1.54) is 21.9 Å². The number of para-hydroxylation sites is 5. The molecule has 0 N–H and O–H groups in total. The first kappa shape index (κ1) is 38.8. The fourth-order valence-electron chi connectivity index (χ4n) is 10.6. The molecule has 0 saturated heterocycles. The first-order chi connectivity index (χ1) is 34.2. The van der Waals surface area contributed by atoms with E-state index in [9.17, 15) is 0 Å². The van der Waals surface area contributed by atoms with Gasteiger partial charge in [-0.3, -0.25) is 4.57 Å². The van der Waals surface area contributed by atoms with Crippen molar-refractivity contribution in [3.63, 3.8) is 0 Å². The van der Waals surface area contributed by atoms with Gasteiger partial charge in [-0.1, -0.05) is 200 Å². The van der Waals surface area contributed by atoms with Crippen molar-refractivity contribution in [3.8, 4) is 62.4 Å². The highest BCUT2D eigenvalue weighted by molar-refractivity contribution is 6.27. The number of hydrogen-bond donors (Lipinski definition) is 0. The minimum absolute atomic E-state index is 0.543. The van der Waals surface area contributed by atoms with Crippen LogP contribution in [0, 0.1) is 0 Å². The van der Waals surface area contributed by atoms with Crippen molar-refractivity contribution in [2.75, 3.05) is 0 Å². The van der Waals surface area contributed by atoms with Crippen LogP contribution in [0.5, 0.6) is 0 Å². The predicted molar refractivity (Wildman–Crippen MR) is 285 cm³/mol. The molecule has 14 aromatic rings. The lowest BCUT2D eigenvalue weighted by Crippen LogP contribution is -2.07. The number of fused-ring (bicyclic) bond motifs is 10. The van der Waals surface area contributed by atoms with Gasteiger partial charge in [-0.25, -0.2) is 4.98 Å². The molecule has 0 unspecified atom stereocenters. The average Bonchev–Trinajstić information content (AvgIpc) is 4.08. The summed E-state index contributed by atoms with van der Waals surface area (Å²) in [6.45, 7) is 0. The Morgan fingerprint density at radius 2 is 0.638 bits per heavy atom. The van der Waals surface area contributed by atoms with Crippen LogP contribution in [0.1, 0.15) is 0 Å². The van der Waals surface area contributed by atoms with Gasteiger partial charge in [0.2, 0.25) is 5.95 Å². The van der Waals surface area contributed by atoms with Crippen molar-refractivity contribution in [2.45, 2.75) is 0 Å². The van der Waals surface area contributed by atoms with E-state index in [1.807, 2.05) is 18.2 Å². The molecule has 0 atom stereocenters. The fourth-order valence-corrected chi connectivity index (χ4v) is 10.6. The Kier molecular flexibility index (Phi) is 8.79. The summed E-state index contributed by atoms with van der Waals surface area (Å²) in [6.07, 6.45) is 0. The van der Waals surface area contributed by atoms with Crippen LogP contribution in [-0.2, 0) is 0 Å². The van der Waals surface area contributed by atoms with E-state index in [1.54, 1.807) is 0 Å². The number of aromatic nitrogens is 6. The van der Waals surface area contributed by atoms with Crippen molar-refractivity contribution in [2.24, 2.45) is 0 Å². The Bertz CT molecular complexity index is 4210. The topological polar surface area (TPSA) is 53.5 Å². The largest absolute Gasteiger partial charge is 0.309 e. The van der Waals surface area contributed by atoms with Crippen LogP contribution in [0.25, 0.3) is 128 Å². The molecule has 14 rings (SSSR count). The molecule has 0 spiro atoms. The van der Waals surface area contributed by atoms with E-state index in [4.69, 9.17) is 15.0 Å². The second-order valence-corrected chi connectivity index (χ2v) is 17.6. The Morgan fingerprint density at radius 1 is 0.261 bits per heavy atom. The quantitative estimate of drug-likeness (QED) is 0.160. The molecule has 4 heterocycles. The number of rotatable bonds is 7. The van der Waals surface area contributed by atoms with E-state index >= 15 is 0 Å². The molecule has 0 radical (unpaired) electrons. The highest BCUT2D eigenvalue weighted by atomic mass is 15.2. The highest BCUT2D eigenvalue weighted by Crippen LogP contribution is 2.46. The molecule has 6 nitrogen and oxygen atoms in total. The van der Waals surface area contributed by atoms with Gasteiger partial charge >= 0.3 is 0 Å². The van der Waals surface area contributed by atoms with Crippen LogP contribution in [0.3, 0.4) is 0 Å². The molecule has 69 heavy (non-hydrogen) atoms. The van der Waals surface area contributed by atoms with Crippen LogP contribution < -0.4 is 0 Å². The fraction of sp³-hybridized carbons (Fsp3) is 0. The van der Waals surface area contributed by atoms with Crippen molar-refractivity contribution in [3.05, 3.63) is 243 Å². The Morgan fingerprint density at radius 3 is 1.17 bits per heavy atom. The summed E-state index contributed by atoms with van der Waals surface area (Å²) >= 11 is 0. The van der Waals surface area contributed by atoms with Crippen molar-refractivity contribution in [1.82, 2.24) is 28.7 Å². The molecule has 0 aliphatic rings. The predicted octanol–water partition coefficient (Wildman–Crippen LogP) is 15.8. The zero-order valence-corrected chi connectivity index (χ0v) is 37.3. The normalized spacial score (nSPS) is 11.8. The lowest BCUT2D eigenvalue weighted by atomic mass is 9.99. The molecule has 0 saturated carbocycles. The summed E-state index contributed by atoms with van der Waals surface area (Å²) in [6, 6.07) is 86.2. The van der Waals surface area contributed by atoms with Crippen molar-refractivity contribution in [1.29, 1.82) is 0 Å². The lowest BCUT2D eigenvalue weighted by Gasteiger charge is -2.15. The number of benzene rings is 10. The van der Waals surface area contributed by atoms with Gasteiger partial charge in [-0.2, -0.15) is 9.97 Å². The van der Waals surface area contributed by atoms with E-state index in [-0.39, 0.29) is 0 Å². The Labute approximate surface area is 397 Å². The van der Waals surface area contributed by atoms with E-state index in [0.717, 1.165) is 88.3 Å². The molecule has 4 aromatic heterocycles. The third kappa shape index (κ3) is 6.16. The van der Waals surface area contributed by atoms with E-state index < -0.39 is 0 Å². The zero-order chi connectivity index (χ0) is 45.4. The van der Waals surface area contributed by atoms with Crippen LogP contribution in [-0.4, -0.2) is 28.7 Å². The Hall–Kier alpha value is -9.39. The summed E-state index contributed by atoms with van der Waals surface area (Å²) < 4.78 is 7.18. The minimum Gasteiger partial charge on any atom is -0.309 e.